The Morgan fingerprint density at radius 2 is 1.94 bits per heavy atom. The molecule has 0 heterocycles. The lowest BCUT2D eigenvalue weighted by Crippen LogP contribution is -2.19. The number of carbonyl (C=O) groups excluding carboxylic acids is 1. The molecule has 0 fully saturated rings. The summed E-state index contributed by atoms with van der Waals surface area (Å²) in [6.07, 6.45) is 0. The molecule has 1 aromatic carbocycles. The molecule has 0 aliphatic carbocycles. The van der Waals surface area contributed by atoms with Gasteiger partial charge in [-0.25, -0.2) is 4.79 Å². The van der Waals surface area contributed by atoms with Gasteiger partial charge in [0.15, 0.2) is 17.2 Å². The van der Waals surface area contributed by atoms with E-state index >= 15 is 0 Å². The van der Waals surface area contributed by atoms with Crippen molar-refractivity contribution < 1.29 is 24.2 Å². The molecule has 0 aliphatic rings. The molecular weight excluding hydrogens is 238 g/mol. The van der Waals surface area contributed by atoms with Crippen molar-refractivity contribution in [2.45, 2.75) is 6.92 Å². The van der Waals surface area contributed by atoms with Crippen molar-refractivity contribution >= 4 is 11.7 Å². The van der Waals surface area contributed by atoms with Gasteiger partial charge in [-0.15, -0.1) is 0 Å². The lowest BCUT2D eigenvalue weighted by atomic mass is 10.1. The van der Waals surface area contributed by atoms with Crippen LogP contribution in [0.5, 0.6) is 11.5 Å². The largest absolute Gasteiger partial charge is 0.493 e. The first-order valence-electron chi connectivity index (χ1n) is 5.29. The molecule has 0 saturated heterocycles. The standard InChI is InChI=1S/C12H15NO5/c1-4-18-12(14)11(13-15)8-5-6-9(16-2)10(7-8)17-3/h5-7,15H,4H2,1-3H3/b13-11-. The van der Waals surface area contributed by atoms with Crippen LogP contribution in [0.3, 0.4) is 0 Å². The van der Waals surface area contributed by atoms with E-state index in [1.54, 1.807) is 19.1 Å². The van der Waals surface area contributed by atoms with Gasteiger partial charge in [-0.05, 0) is 25.1 Å². The summed E-state index contributed by atoms with van der Waals surface area (Å²) in [7, 11) is 2.98. The minimum absolute atomic E-state index is 0.183. The highest BCUT2D eigenvalue weighted by Crippen LogP contribution is 2.27. The maximum absolute atomic E-state index is 11.5. The lowest BCUT2D eigenvalue weighted by molar-refractivity contribution is -0.135. The minimum Gasteiger partial charge on any atom is -0.493 e. The zero-order valence-corrected chi connectivity index (χ0v) is 10.5. The second-order valence-electron chi connectivity index (χ2n) is 3.24. The Morgan fingerprint density at radius 3 is 2.44 bits per heavy atom. The number of ether oxygens (including phenoxy) is 3. The van der Waals surface area contributed by atoms with Gasteiger partial charge >= 0.3 is 5.97 Å². The molecule has 0 radical (unpaired) electrons. The number of hydrogen-bond acceptors (Lipinski definition) is 6. The van der Waals surface area contributed by atoms with E-state index in [1.807, 2.05) is 0 Å². The molecule has 0 unspecified atom stereocenters. The second-order valence-corrected chi connectivity index (χ2v) is 3.24. The predicted molar refractivity (Wildman–Crippen MR) is 64.5 cm³/mol. The zero-order valence-electron chi connectivity index (χ0n) is 10.5. The molecule has 0 amide bonds. The number of rotatable bonds is 5. The van der Waals surface area contributed by atoms with Gasteiger partial charge < -0.3 is 19.4 Å². The van der Waals surface area contributed by atoms with Gasteiger partial charge in [-0.1, -0.05) is 5.16 Å². The number of esters is 1. The maximum Gasteiger partial charge on any atom is 0.361 e. The molecule has 1 aromatic rings. The fraction of sp³-hybridized carbons (Fsp3) is 0.333. The van der Waals surface area contributed by atoms with Gasteiger partial charge in [0.25, 0.3) is 0 Å². The highest BCUT2D eigenvalue weighted by atomic mass is 16.5. The Morgan fingerprint density at radius 1 is 1.28 bits per heavy atom. The highest BCUT2D eigenvalue weighted by molar-refractivity contribution is 6.43. The van der Waals surface area contributed by atoms with Crippen molar-refractivity contribution in [2.75, 3.05) is 20.8 Å². The van der Waals surface area contributed by atoms with Crippen LogP contribution in [0.15, 0.2) is 23.4 Å². The van der Waals surface area contributed by atoms with E-state index in [9.17, 15) is 4.79 Å². The quantitative estimate of drug-likeness (QED) is 0.372. The Bertz CT molecular complexity index is 456. The van der Waals surface area contributed by atoms with E-state index in [1.165, 1.54) is 20.3 Å². The fourth-order valence-electron chi connectivity index (χ4n) is 1.40. The minimum atomic E-state index is -0.702. The van der Waals surface area contributed by atoms with Crippen molar-refractivity contribution in [3.8, 4) is 11.5 Å². The number of nitrogens with zero attached hydrogens (tertiary/aromatic N) is 1. The maximum atomic E-state index is 11.5. The van der Waals surface area contributed by atoms with Crippen LogP contribution in [0.1, 0.15) is 12.5 Å². The van der Waals surface area contributed by atoms with Crippen LogP contribution >= 0.6 is 0 Å². The van der Waals surface area contributed by atoms with Gasteiger partial charge in [0.05, 0.1) is 20.8 Å². The molecule has 0 saturated carbocycles. The molecule has 98 valence electrons. The first-order chi connectivity index (χ1) is 8.67. The van der Waals surface area contributed by atoms with E-state index in [-0.39, 0.29) is 12.3 Å². The number of oxime groups is 1. The average Bonchev–Trinajstić information content (AvgIpc) is 2.39. The van der Waals surface area contributed by atoms with Gasteiger partial charge in [-0.2, -0.15) is 0 Å². The van der Waals surface area contributed by atoms with Gasteiger partial charge in [0.2, 0.25) is 0 Å². The van der Waals surface area contributed by atoms with E-state index in [4.69, 9.17) is 19.4 Å². The zero-order chi connectivity index (χ0) is 13.5. The predicted octanol–water partition coefficient (Wildman–Crippen LogP) is 1.45. The van der Waals surface area contributed by atoms with Crippen LogP contribution in [0.25, 0.3) is 0 Å². The van der Waals surface area contributed by atoms with Crippen LogP contribution in [-0.4, -0.2) is 37.7 Å². The van der Waals surface area contributed by atoms with Crippen molar-refractivity contribution in [1.29, 1.82) is 0 Å². The number of benzene rings is 1. The number of hydrogen-bond donors (Lipinski definition) is 1. The molecule has 6 nitrogen and oxygen atoms in total. The van der Waals surface area contributed by atoms with E-state index in [2.05, 4.69) is 5.16 Å². The average molecular weight is 253 g/mol. The SMILES string of the molecule is CCOC(=O)/C(=N\O)c1ccc(OC)c(OC)c1. The summed E-state index contributed by atoms with van der Waals surface area (Å²) in [5.74, 6) is 0.245. The van der Waals surface area contributed by atoms with Crippen LogP contribution in [0.4, 0.5) is 0 Å². The molecule has 0 aliphatic heterocycles. The summed E-state index contributed by atoms with van der Waals surface area (Å²) in [6, 6.07) is 4.72. The first kappa shape index (κ1) is 13.8. The smallest absolute Gasteiger partial charge is 0.361 e. The Kier molecular flexibility index (Phi) is 4.98. The topological polar surface area (TPSA) is 77.4 Å². The van der Waals surface area contributed by atoms with Crippen LogP contribution < -0.4 is 9.47 Å². The Hall–Kier alpha value is -2.24. The molecular formula is C12H15NO5. The normalized spacial score (nSPS) is 10.9. The van der Waals surface area contributed by atoms with Crippen molar-refractivity contribution in [1.82, 2.24) is 0 Å². The number of methoxy groups -OCH3 is 2. The van der Waals surface area contributed by atoms with Crippen molar-refractivity contribution in [2.24, 2.45) is 5.16 Å². The second kappa shape index (κ2) is 6.48. The summed E-state index contributed by atoms with van der Waals surface area (Å²) >= 11 is 0. The van der Waals surface area contributed by atoms with E-state index in [0.29, 0.717) is 17.1 Å². The van der Waals surface area contributed by atoms with Crippen LogP contribution in [0.2, 0.25) is 0 Å². The van der Waals surface area contributed by atoms with E-state index in [0.717, 1.165) is 0 Å². The van der Waals surface area contributed by atoms with Crippen LogP contribution in [0, 0.1) is 0 Å². The summed E-state index contributed by atoms with van der Waals surface area (Å²) in [4.78, 5) is 11.5. The van der Waals surface area contributed by atoms with Gasteiger partial charge in [0.1, 0.15) is 0 Å². The molecule has 0 atom stereocenters. The first-order valence-corrected chi connectivity index (χ1v) is 5.29. The van der Waals surface area contributed by atoms with E-state index < -0.39 is 5.97 Å². The summed E-state index contributed by atoms with van der Waals surface area (Å²) in [5, 5.41) is 11.8. The van der Waals surface area contributed by atoms with Gasteiger partial charge in [0, 0.05) is 5.56 Å². The van der Waals surface area contributed by atoms with Gasteiger partial charge in [-0.3, -0.25) is 0 Å². The lowest BCUT2D eigenvalue weighted by Gasteiger charge is -2.09. The van der Waals surface area contributed by atoms with Crippen molar-refractivity contribution in [3.63, 3.8) is 0 Å². The molecule has 6 heteroatoms. The highest BCUT2D eigenvalue weighted by Gasteiger charge is 2.18. The molecule has 0 aromatic heterocycles. The summed E-state index contributed by atoms with van der Waals surface area (Å²) in [5.41, 5.74) is 0.200. The third kappa shape index (κ3) is 2.91. The summed E-state index contributed by atoms with van der Waals surface area (Å²) in [6.45, 7) is 1.87. The Labute approximate surface area is 105 Å². The summed E-state index contributed by atoms with van der Waals surface area (Å²) < 4.78 is 14.9. The number of carbonyl (C=O) groups is 1. The third-order valence-electron chi connectivity index (χ3n) is 2.23. The Balaban J connectivity index is 3.12. The molecule has 18 heavy (non-hydrogen) atoms. The third-order valence-corrected chi connectivity index (χ3v) is 2.23. The fourth-order valence-corrected chi connectivity index (χ4v) is 1.40. The van der Waals surface area contributed by atoms with Crippen LogP contribution in [-0.2, 0) is 9.53 Å². The molecule has 0 bridgehead atoms. The van der Waals surface area contributed by atoms with Crippen molar-refractivity contribution in [3.05, 3.63) is 23.8 Å². The molecule has 1 rings (SSSR count). The monoisotopic (exact) mass is 253 g/mol. The molecule has 1 N–H and O–H groups in total. The molecule has 0 spiro atoms.